The molecular weight excluding hydrogens is 360 g/mol. The summed E-state index contributed by atoms with van der Waals surface area (Å²) in [5.74, 6) is 0.833. The van der Waals surface area contributed by atoms with Crippen LogP contribution in [0.25, 0.3) is 33.6 Å². The molecule has 1 aliphatic rings. The molecule has 0 saturated heterocycles. The number of para-hydroxylation sites is 1. The number of hydrogen-bond acceptors (Lipinski definition) is 3. The smallest absolute Gasteiger partial charge is 0.146 e. The fraction of sp³-hybridized carbons (Fsp3) is 0.240. The Kier molecular flexibility index (Phi) is 5.12. The number of allylic oxidation sites excluding steroid dienone is 1. The number of hydrogen-bond donors (Lipinski definition) is 1. The first kappa shape index (κ1) is 19.2. The second kappa shape index (κ2) is 7.72. The summed E-state index contributed by atoms with van der Waals surface area (Å²) in [6.45, 7) is 13.8. The van der Waals surface area contributed by atoms with Crippen molar-refractivity contribution < 1.29 is 9.84 Å². The van der Waals surface area contributed by atoms with Crippen LogP contribution in [0.15, 0.2) is 68.0 Å². The number of ether oxygens (including phenoxy) is 1. The molecule has 0 fully saturated rings. The SMILES string of the molecule is C=CCC(O)CC(=C)c1cc2c3ccccc3n3c2c(n1)C(CC=C)OC(C)=C3. The average molecular weight is 386 g/mol. The molecule has 3 aromatic rings. The number of aliphatic hydroxyl groups is 1. The second-order valence-corrected chi connectivity index (χ2v) is 7.53. The Morgan fingerprint density at radius 3 is 2.83 bits per heavy atom. The molecule has 1 aliphatic heterocycles. The summed E-state index contributed by atoms with van der Waals surface area (Å²) in [7, 11) is 0. The van der Waals surface area contributed by atoms with Gasteiger partial charge in [0, 0.05) is 29.8 Å². The molecule has 0 radical (unpaired) electrons. The zero-order valence-corrected chi connectivity index (χ0v) is 16.8. The Morgan fingerprint density at radius 1 is 1.28 bits per heavy atom. The van der Waals surface area contributed by atoms with Gasteiger partial charge < -0.3 is 14.4 Å². The van der Waals surface area contributed by atoms with Crippen LogP contribution in [-0.4, -0.2) is 20.8 Å². The van der Waals surface area contributed by atoms with Crippen LogP contribution >= 0.6 is 0 Å². The summed E-state index contributed by atoms with van der Waals surface area (Å²) < 4.78 is 8.37. The monoisotopic (exact) mass is 386 g/mol. The molecule has 4 heteroatoms. The molecule has 0 bridgehead atoms. The summed E-state index contributed by atoms with van der Waals surface area (Å²) >= 11 is 0. The van der Waals surface area contributed by atoms with E-state index in [0.717, 1.165) is 44.5 Å². The zero-order chi connectivity index (χ0) is 20.5. The lowest BCUT2D eigenvalue weighted by atomic mass is 10.0. The molecule has 2 atom stereocenters. The van der Waals surface area contributed by atoms with E-state index in [1.807, 2.05) is 25.3 Å². The predicted octanol–water partition coefficient (Wildman–Crippen LogP) is 6.00. The molecule has 1 N–H and O–H groups in total. The summed E-state index contributed by atoms with van der Waals surface area (Å²) in [6.07, 6.45) is 6.51. The molecule has 148 valence electrons. The maximum atomic E-state index is 10.2. The molecule has 4 nitrogen and oxygen atoms in total. The van der Waals surface area contributed by atoms with Gasteiger partial charge >= 0.3 is 0 Å². The molecule has 0 saturated carbocycles. The van der Waals surface area contributed by atoms with Crippen molar-refractivity contribution in [3.05, 3.63) is 79.4 Å². The van der Waals surface area contributed by atoms with E-state index < -0.39 is 6.10 Å². The maximum absolute atomic E-state index is 10.2. The molecule has 0 amide bonds. The van der Waals surface area contributed by atoms with Gasteiger partial charge in [-0.1, -0.05) is 36.9 Å². The van der Waals surface area contributed by atoms with Gasteiger partial charge in [0.05, 0.1) is 22.8 Å². The third-order valence-electron chi connectivity index (χ3n) is 5.32. The van der Waals surface area contributed by atoms with E-state index in [1.54, 1.807) is 6.08 Å². The molecule has 0 spiro atoms. The van der Waals surface area contributed by atoms with Crippen molar-refractivity contribution >= 4 is 33.6 Å². The molecule has 2 aromatic heterocycles. The van der Waals surface area contributed by atoms with Crippen LogP contribution in [0, 0.1) is 0 Å². The van der Waals surface area contributed by atoms with Gasteiger partial charge in [-0.25, -0.2) is 4.98 Å². The van der Waals surface area contributed by atoms with Crippen LogP contribution in [0.4, 0.5) is 0 Å². The highest BCUT2D eigenvalue weighted by Crippen LogP contribution is 2.39. The van der Waals surface area contributed by atoms with Crippen LogP contribution in [0.2, 0.25) is 0 Å². The van der Waals surface area contributed by atoms with E-state index >= 15 is 0 Å². The number of pyridine rings is 1. The fourth-order valence-electron chi connectivity index (χ4n) is 4.06. The van der Waals surface area contributed by atoms with E-state index in [0.29, 0.717) is 19.3 Å². The standard InChI is InChI=1S/C25H26N2O2/c1-5-9-18(28)13-16(3)21-14-20-19-11-7-8-12-22(19)27-15-17(4)29-23(10-6-2)24(26-21)25(20)27/h5-8,11-12,14-15,18,23,28H,1-3,9-10,13H2,4H3. The van der Waals surface area contributed by atoms with Gasteiger partial charge in [0.1, 0.15) is 17.6 Å². The van der Waals surface area contributed by atoms with Crippen molar-refractivity contribution in [1.82, 2.24) is 9.55 Å². The van der Waals surface area contributed by atoms with Gasteiger partial charge in [-0.15, -0.1) is 13.2 Å². The highest BCUT2D eigenvalue weighted by Gasteiger charge is 2.26. The number of aliphatic hydroxyl groups excluding tert-OH is 1. The fourth-order valence-corrected chi connectivity index (χ4v) is 4.06. The lowest BCUT2D eigenvalue weighted by Gasteiger charge is -2.18. The van der Waals surface area contributed by atoms with E-state index in [9.17, 15) is 5.11 Å². The lowest BCUT2D eigenvalue weighted by molar-refractivity contribution is 0.121. The van der Waals surface area contributed by atoms with Crippen molar-refractivity contribution in [2.75, 3.05) is 0 Å². The van der Waals surface area contributed by atoms with Gasteiger partial charge in [0.2, 0.25) is 0 Å². The number of aromatic nitrogens is 2. The maximum Gasteiger partial charge on any atom is 0.146 e. The number of benzene rings is 1. The Hall–Kier alpha value is -3.11. The topological polar surface area (TPSA) is 47.3 Å². The van der Waals surface area contributed by atoms with Gasteiger partial charge in [0.25, 0.3) is 0 Å². The van der Waals surface area contributed by atoms with E-state index in [-0.39, 0.29) is 6.10 Å². The normalized spacial score (nSPS) is 16.8. The summed E-state index contributed by atoms with van der Waals surface area (Å²) in [5.41, 5.74) is 4.64. The molecular formula is C25H26N2O2. The third-order valence-corrected chi connectivity index (χ3v) is 5.32. The van der Waals surface area contributed by atoms with Crippen LogP contribution < -0.4 is 0 Å². The van der Waals surface area contributed by atoms with Crippen LogP contribution in [-0.2, 0) is 4.74 Å². The first-order valence-electron chi connectivity index (χ1n) is 9.90. The Bertz CT molecular complexity index is 1150. The first-order chi connectivity index (χ1) is 14.0. The van der Waals surface area contributed by atoms with Crippen molar-refractivity contribution in [3.63, 3.8) is 0 Å². The minimum Gasteiger partial charge on any atom is -0.487 e. The van der Waals surface area contributed by atoms with Crippen LogP contribution in [0.5, 0.6) is 0 Å². The zero-order valence-electron chi connectivity index (χ0n) is 16.8. The largest absolute Gasteiger partial charge is 0.487 e. The number of rotatable bonds is 7. The third kappa shape index (κ3) is 3.40. The molecule has 3 heterocycles. The summed E-state index contributed by atoms with van der Waals surface area (Å²) in [4.78, 5) is 4.97. The second-order valence-electron chi connectivity index (χ2n) is 7.53. The van der Waals surface area contributed by atoms with E-state index in [1.165, 1.54) is 0 Å². The number of fused-ring (bicyclic) bond motifs is 3. The quantitative estimate of drug-likeness (QED) is 0.507. The van der Waals surface area contributed by atoms with Crippen LogP contribution in [0.3, 0.4) is 0 Å². The minimum absolute atomic E-state index is 0.220. The Balaban J connectivity index is 1.97. The van der Waals surface area contributed by atoms with E-state index in [4.69, 9.17) is 9.72 Å². The van der Waals surface area contributed by atoms with Gasteiger partial charge in [0.15, 0.2) is 0 Å². The summed E-state index contributed by atoms with van der Waals surface area (Å²) in [6, 6.07) is 10.4. The first-order valence-corrected chi connectivity index (χ1v) is 9.90. The Labute approximate surface area is 171 Å². The number of nitrogens with zero attached hydrogens (tertiary/aromatic N) is 2. The van der Waals surface area contributed by atoms with Crippen molar-refractivity contribution in [2.45, 2.75) is 38.4 Å². The van der Waals surface area contributed by atoms with Crippen molar-refractivity contribution in [3.8, 4) is 0 Å². The lowest BCUT2D eigenvalue weighted by Crippen LogP contribution is -2.09. The molecule has 29 heavy (non-hydrogen) atoms. The molecule has 2 unspecified atom stereocenters. The van der Waals surface area contributed by atoms with Gasteiger partial charge in [-0.05, 0) is 31.1 Å². The van der Waals surface area contributed by atoms with Gasteiger partial charge in [-0.3, -0.25) is 0 Å². The minimum atomic E-state index is -0.512. The Morgan fingerprint density at radius 2 is 2.07 bits per heavy atom. The van der Waals surface area contributed by atoms with Gasteiger partial charge in [-0.2, -0.15) is 0 Å². The summed E-state index contributed by atoms with van der Waals surface area (Å²) in [5, 5.41) is 12.5. The highest BCUT2D eigenvalue weighted by atomic mass is 16.5. The molecule has 4 rings (SSSR count). The highest BCUT2D eigenvalue weighted by molar-refractivity contribution is 6.10. The van der Waals surface area contributed by atoms with E-state index in [2.05, 4.69) is 48.6 Å². The predicted molar refractivity (Wildman–Crippen MR) is 120 cm³/mol. The van der Waals surface area contributed by atoms with Crippen molar-refractivity contribution in [1.29, 1.82) is 0 Å². The molecule has 0 aliphatic carbocycles. The molecule has 1 aromatic carbocycles. The average Bonchev–Trinajstić information content (AvgIpc) is 2.92. The van der Waals surface area contributed by atoms with Crippen LogP contribution in [0.1, 0.15) is 43.7 Å². The van der Waals surface area contributed by atoms with Crippen molar-refractivity contribution in [2.24, 2.45) is 0 Å².